The van der Waals surface area contributed by atoms with E-state index < -0.39 is 0 Å². The topological polar surface area (TPSA) is 58.6 Å². The van der Waals surface area contributed by atoms with E-state index in [1.54, 1.807) is 4.90 Å². The molecule has 132 valence electrons. The zero-order valence-corrected chi connectivity index (χ0v) is 14.9. The molecule has 1 saturated heterocycles. The molecule has 0 bridgehead atoms. The van der Waals surface area contributed by atoms with Crippen LogP contribution in [0, 0.1) is 5.92 Å². The molecule has 1 aromatic rings. The number of likely N-dealkylation sites (tertiary alicyclic amines) is 1. The van der Waals surface area contributed by atoms with Crippen molar-refractivity contribution in [3.8, 4) is 5.75 Å². The Hall–Kier alpha value is -2.04. The number of hydrogen-bond donors (Lipinski definition) is 1. The third kappa shape index (κ3) is 5.87. The van der Waals surface area contributed by atoms with E-state index in [-0.39, 0.29) is 23.3 Å². The second-order valence-corrected chi connectivity index (χ2v) is 7.33. The minimum atomic E-state index is -0.243. The van der Waals surface area contributed by atoms with Gasteiger partial charge in [0.05, 0.1) is 18.9 Å². The molecular weight excluding hydrogens is 304 g/mol. The van der Waals surface area contributed by atoms with Crippen LogP contribution in [-0.4, -0.2) is 41.9 Å². The molecule has 1 heterocycles. The van der Waals surface area contributed by atoms with E-state index in [1.807, 2.05) is 51.1 Å². The summed E-state index contributed by atoms with van der Waals surface area (Å²) < 4.78 is 5.58. The minimum absolute atomic E-state index is 0.0422. The Morgan fingerprint density at radius 1 is 1.25 bits per heavy atom. The first-order valence-electron chi connectivity index (χ1n) is 8.63. The predicted molar refractivity (Wildman–Crippen MR) is 93.8 cm³/mol. The highest BCUT2D eigenvalue weighted by molar-refractivity contribution is 5.81. The smallest absolute Gasteiger partial charge is 0.226 e. The fraction of sp³-hybridized carbons (Fsp3) is 0.579. The lowest BCUT2D eigenvalue weighted by Gasteiger charge is -2.33. The molecule has 5 heteroatoms. The zero-order valence-electron chi connectivity index (χ0n) is 14.9. The fourth-order valence-corrected chi connectivity index (χ4v) is 2.82. The van der Waals surface area contributed by atoms with Crippen LogP contribution in [-0.2, 0) is 9.59 Å². The van der Waals surface area contributed by atoms with Gasteiger partial charge in [0.2, 0.25) is 11.8 Å². The Morgan fingerprint density at radius 2 is 1.96 bits per heavy atom. The number of para-hydroxylation sites is 1. The van der Waals surface area contributed by atoms with E-state index in [0.717, 1.165) is 25.1 Å². The lowest BCUT2D eigenvalue weighted by Crippen LogP contribution is -2.49. The van der Waals surface area contributed by atoms with E-state index in [1.165, 1.54) is 0 Å². The number of hydrogen-bond acceptors (Lipinski definition) is 3. The van der Waals surface area contributed by atoms with Gasteiger partial charge in [0, 0.05) is 18.6 Å². The molecule has 1 atom stereocenters. The fourth-order valence-electron chi connectivity index (χ4n) is 2.82. The molecule has 0 aliphatic carbocycles. The predicted octanol–water partition coefficient (Wildman–Crippen LogP) is 2.61. The van der Waals surface area contributed by atoms with Crippen LogP contribution in [0.1, 0.15) is 40.0 Å². The van der Waals surface area contributed by atoms with Crippen LogP contribution in [0.5, 0.6) is 5.75 Å². The maximum absolute atomic E-state index is 12.4. The molecule has 0 radical (unpaired) electrons. The Kier molecular flexibility index (Phi) is 6.23. The second kappa shape index (κ2) is 8.18. The van der Waals surface area contributed by atoms with Gasteiger partial charge in [-0.05, 0) is 45.7 Å². The lowest BCUT2D eigenvalue weighted by molar-refractivity contribution is -0.136. The summed E-state index contributed by atoms with van der Waals surface area (Å²) in [4.78, 5) is 26.5. The largest absolute Gasteiger partial charge is 0.493 e. The van der Waals surface area contributed by atoms with Crippen LogP contribution in [0.15, 0.2) is 30.3 Å². The van der Waals surface area contributed by atoms with Crippen molar-refractivity contribution in [1.29, 1.82) is 0 Å². The summed E-state index contributed by atoms with van der Waals surface area (Å²) >= 11 is 0. The number of piperidine rings is 1. The number of nitrogens with zero attached hydrogens (tertiary/aromatic N) is 1. The lowest BCUT2D eigenvalue weighted by atomic mass is 9.95. The van der Waals surface area contributed by atoms with Gasteiger partial charge >= 0.3 is 0 Å². The summed E-state index contributed by atoms with van der Waals surface area (Å²) in [5, 5.41) is 3.01. The summed E-state index contributed by atoms with van der Waals surface area (Å²) in [6.07, 6.45) is 2.04. The van der Waals surface area contributed by atoms with Gasteiger partial charge in [-0.15, -0.1) is 0 Å². The molecule has 1 aliphatic heterocycles. The molecule has 0 saturated carbocycles. The molecule has 1 aliphatic rings. The van der Waals surface area contributed by atoms with Crippen LogP contribution in [0.2, 0.25) is 0 Å². The van der Waals surface area contributed by atoms with Crippen molar-refractivity contribution in [2.45, 2.75) is 45.6 Å². The Bertz CT molecular complexity index is 551. The van der Waals surface area contributed by atoms with Crippen molar-refractivity contribution in [3.05, 3.63) is 30.3 Å². The summed E-state index contributed by atoms with van der Waals surface area (Å²) in [5.41, 5.74) is -0.243. The minimum Gasteiger partial charge on any atom is -0.493 e. The normalized spacial score (nSPS) is 18.1. The van der Waals surface area contributed by atoms with Gasteiger partial charge < -0.3 is 15.0 Å². The molecule has 1 aromatic carbocycles. The summed E-state index contributed by atoms with van der Waals surface area (Å²) in [6.45, 7) is 7.50. The summed E-state index contributed by atoms with van der Waals surface area (Å²) in [7, 11) is 0. The number of ether oxygens (including phenoxy) is 1. The molecule has 0 aromatic heterocycles. The van der Waals surface area contributed by atoms with Gasteiger partial charge in [0.1, 0.15) is 5.75 Å². The maximum Gasteiger partial charge on any atom is 0.226 e. The third-order valence-electron chi connectivity index (χ3n) is 3.97. The van der Waals surface area contributed by atoms with Crippen LogP contribution in [0.3, 0.4) is 0 Å². The molecule has 5 nitrogen and oxygen atoms in total. The maximum atomic E-state index is 12.4. The highest BCUT2D eigenvalue weighted by atomic mass is 16.5. The van der Waals surface area contributed by atoms with Crippen molar-refractivity contribution in [1.82, 2.24) is 10.2 Å². The average Bonchev–Trinajstić information content (AvgIpc) is 2.54. The number of rotatable bonds is 5. The average molecular weight is 332 g/mol. The Morgan fingerprint density at radius 3 is 2.62 bits per heavy atom. The highest BCUT2D eigenvalue weighted by Crippen LogP contribution is 2.19. The molecule has 2 rings (SSSR count). The van der Waals surface area contributed by atoms with Gasteiger partial charge in [0.15, 0.2) is 0 Å². The molecule has 1 unspecified atom stereocenters. The van der Waals surface area contributed by atoms with Crippen molar-refractivity contribution in [3.63, 3.8) is 0 Å². The number of nitrogens with one attached hydrogen (secondary N) is 1. The monoisotopic (exact) mass is 332 g/mol. The van der Waals surface area contributed by atoms with Crippen LogP contribution < -0.4 is 10.1 Å². The molecule has 2 amide bonds. The van der Waals surface area contributed by atoms with Gasteiger partial charge in [-0.3, -0.25) is 9.59 Å². The van der Waals surface area contributed by atoms with E-state index in [2.05, 4.69) is 5.32 Å². The number of carbonyl (C=O) groups excluding carboxylic acids is 2. The van der Waals surface area contributed by atoms with E-state index in [4.69, 9.17) is 4.74 Å². The first-order valence-corrected chi connectivity index (χ1v) is 8.63. The first-order chi connectivity index (χ1) is 11.3. The van der Waals surface area contributed by atoms with E-state index in [0.29, 0.717) is 19.6 Å². The van der Waals surface area contributed by atoms with Gasteiger partial charge in [-0.25, -0.2) is 0 Å². The standard InChI is InChI=1S/C19H28N2O3/c1-19(2,3)20-18(23)15-8-7-12-21(14-15)17(22)11-13-24-16-9-5-4-6-10-16/h4-6,9-10,15H,7-8,11-14H2,1-3H3,(H,20,23). The van der Waals surface area contributed by atoms with Crippen LogP contribution in [0.25, 0.3) is 0 Å². The molecular formula is C19H28N2O3. The molecule has 24 heavy (non-hydrogen) atoms. The quantitative estimate of drug-likeness (QED) is 0.902. The summed E-state index contributed by atoms with van der Waals surface area (Å²) in [5.74, 6) is 0.753. The van der Waals surface area contributed by atoms with Gasteiger partial charge in [-0.2, -0.15) is 0 Å². The van der Waals surface area contributed by atoms with Gasteiger partial charge in [-0.1, -0.05) is 18.2 Å². The second-order valence-electron chi connectivity index (χ2n) is 7.33. The zero-order chi connectivity index (χ0) is 17.6. The van der Waals surface area contributed by atoms with Crippen molar-refractivity contribution < 1.29 is 14.3 Å². The SMILES string of the molecule is CC(C)(C)NC(=O)C1CCCN(C(=O)CCOc2ccccc2)C1. The van der Waals surface area contributed by atoms with E-state index in [9.17, 15) is 9.59 Å². The number of benzene rings is 1. The molecule has 1 N–H and O–H groups in total. The van der Waals surface area contributed by atoms with Crippen molar-refractivity contribution in [2.75, 3.05) is 19.7 Å². The van der Waals surface area contributed by atoms with Crippen molar-refractivity contribution >= 4 is 11.8 Å². The van der Waals surface area contributed by atoms with Crippen LogP contribution >= 0.6 is 0 Å². The third-order valence-corrected chi connectivity index (χ3v) is 3.97. The first kappa shape index (κ1) is 18.3. The van der Waals surface area contributed by atoms with Gasteiger partial charge in [0.25, 0.3) is 0 Å². The Labute approximate surface area is 144 Å². The molecule has 1 fully saturated rings. The van der Waals surface area contributed by atoms with Crippen molar-refractivity contribution in [2.24, 2.45) is 5.92 Å². The number of carbonyl (C=O) groups is 2. The Balaban J connectivity index is 1.78. The molecule has 0 spiro atoms. The summed E-state index contributed by atoms with van der Waals surface area (Å²) in [6, 6.07) is 9.48. The number of amides is 2. The van der Waals surface area contributed by atoms with Crippen LogP contribution in [0.4, 0.5) is 0 Å². The highest BCUT2D eigenvalue weighted by Gasteiger charge is 2.29. The van der Waals surface area contributed by atoms with E-state index >= 15 is 0 Å².